The third-order valence-corrected chi connectivity index (χ3v) is 5.00. The SMILES string of the molecule is COCCNCc1csc(N2CCS(=O)CC2)n1. The van der Waals surface area contributed by atoms with E-state index in [1.165, 1.54) is 0 Å². The van der Waals surface area contributed by atoms with Crippen molar-refractivity contribution in [1.29, 1.82) is 0 Å². The second kappa shape index (κ2) is 7.18. The number of anilines is 1. The van der Waals surface area contributed by atoms with Gasteiger partial charge in [0.15, 0.2) is 5.13 Å². The fraction of sp³-hybridized carbons (Fsp3) is 0.727. The first-order valence-corrected chi connectivity index (χ1v) is 8.40. The molecule has 0 amide bonds. The van der Waals surface area contributed by atoms with Crippen molar-refractivity contribution in [1.82, 2.24) is 10.3 Å². The van der Waals surface area contributed by atoms with E-state index >= 15 is 0 Å². The van der Waals surface area contributed by atoms with Crippen LogP contribution in [0.2, 0.25) is 0 Å². The molecule has 18 heavy (non-hydrogen) atoms. The van der Waals surface area contributed by atoms with Crippen LogP contribution in [-0.2, 0) is 22.1 Å². The Bertz CT molecular complexity index is 387. The third kappa shape index (κ3) is 4.01. The highest BCUT2D eigenvalue weighted by Gasteiger charge is 2.17. The molecule has 7 heteroatoms. The van der Waals surface area contributed by atoms with E-state index in [1.807, 2.05) is 0 Å². The summed E-state index contributed by atoms with van der Waals surface area (Å²) in [7, 11) is 1.07. The van der Waals surface area contributed by atoms with Gasteiger partial charge in [0.1, 0.15) is 0 Å². The first-order chi connectivity index (χ1) is 8.79. The standard InChI is InChI=1S/C11H19N3O2S2/c1-16-5-2-12-8-10-9-17-11(13-10)14-3-6-18(15)7-4-14/h9,12H,2-8H2,1H3. The second-order valence-corrected chi connectivity index (χ2v) is 6.66. The molecule has 1 fully saturated rings. The zero-order valence-corrected chi connectivity index (χ0v) is 12.2. The summed E-state index contributed by atoms with van der Waals surface area (Å²) < 4.78 is 16.3. The predicted molar refractivity (Wildman–Crippen MR) is 75.8 cm³/mol. The van der Waals surface area contributed by atoms with Crippen LogP contribution in [-0.4, -0.2) is 54.0 Å². The van der Waals surface area contributed by atoms with E-state index in [0.29, 0.717) is 0 Å². The minimum absolute atomic E-state index is 0.626. The summed E-state index contributed by atoms with van der Waals surface area (Å²) in [5.74, 6) is 1.53. The summed E-state index contributed by atoms with van der Waals surface area (Å²) in [5, 5.41) is 6.41. The van der Waals surface area contributed by atoms with E-state index in [4.69, 9.17) is 4.74 Å². The lowest BCUT2D eigenvalue weighted by molar-refractivity contribution is 0.199. The van der Waals surface area contributed by atoms with Crippen LogP contribution in [0.4, 0.5) is 5.13 Å². The molecule has 1 aromatic heterocycles. The summed E-state index contributed by atoms with van der Waals surface area (Å²) in [5.41, 5.74) is 1.07. The van der Waals surface area contributed by atoms with Crippen LogP contribution in [0.25, 0.3) is 0 Å². The zero-order valence-electron chi connectivity index (χ0n) is 10.6. The minimum Gasteiger partial charge on any atom is -0.383 e. The average Bonchev–Trinajstić information content (AvgIpc) is 2.84. The van der Waals surface area contributed by atoms with Crippen molar-refractivity contribution in [3.05, 3.63) is 11.1 Å². The van der Waals surface area contributed by atoms with Crippen LogP contribution in [0.3, 0.4) is 0 Å². The number of thiazole rings is 1. The molecule has 1 aliphatic heterocycles. The smallest absolute Gasteiger partial charge is 0.185 e. The van der Waals surface area contributed by atoms with E-state index in [0.717, 1.165) is 55.1 Å². The van der Waals surface area contributed by atoms with Gasteiger partial charge >= 0.3 is 0 Å². The van der Waals surface area contributed by atoms with Gasteiger partial charge in [0, 0.05) is 61.0 Å². The fourth-order valence-electron chi connectivity index (χ4n) is 1.74. The molecule has 0 saturated carbocycles. The molecule has 0 atom stereocenters. The van der Waals surface area contributed by atoms with Crippen LogP contribution < -0.4 is 10.2 Å². The molecule has 2 heterocycles. The van der Waals surface area contributed by atoms with Gasteiger partial charge < -0.3 is 15.0 Å². The van der Waals surface area contributed by atoms with Crippen molar-refractivity contribution in [2.24, 2.45) is 0 Å². The molecule has 0 spiro atoms. The number of rotatable bonds is 6. The molecule has 1 aromatic rings. The van der Waals surface area contributed by atoms with Crippen molar-refractivity contribution in [3.63, 3.8) is 0 Å². The summed E-state index contributed by atoms with van der Waals surface area (Å²) in [6.07, 6.45) is 0. The lowest BCUT2D eigenvalue weighted by Crippen LogP contribution is -2.37. The molecule has 102 valence electrons. The average molecular weight is 289 g/mol. The van der Waals surface area contributed by atoms with E-state index in [9.17, 15) is 4.21 Å². The van der Waals surface area contributed by atoms with Crippen LogP contribution in [0.1, 0.15) is 5.69 Å². The number of hydrogen-bond acceptors (Lipinski definition) is 6. The Morgan fingerprint density at radius 3 is 3.06 bits per heavy atom. The largest absolute Gasteiger partial charge is 0.383 e. The molecule has 1 aliphatic rings. The van der Waals surface area contributed by atoms with E-state index in [-0.39, 0.29) is 0 Å². The van der Waals surface area contributed by atoms with E-state index < -0.39 is 10.8 Å². The number of nitrogens with one attached hydrogen (secondary N) is 1. The van der Waals surface area contributed by atoms with Crippen LogP contribution in [0.5, 0.6) is 0 Å². The molecule has 1 N–H and O–H groups in total. The van der Waals surface area contributed by atoms with Gasteiger partial charge in [-0.3, -0.25) is 4.21 Å². The predicted octanol–water partition coefficient (Wildman–Crippen LogP) is 0.448. The van der Waals surface area contributed by atoms with Gasteiger partial charge in [0.25, 0.3) is 0 Å². The zero-order chi connectivity index (χ0) is 12.8. The molecule has 0 radical (unpaired) electrons. The van der Waals surface area contributed by atoms with E-state index in [1.54, 1.807) is 18.4 Å². The van der Waals surface area contributed by atoms with Gasteiger partial charge in [-0.1, -0.05) is 0 Å². The maximum absolute atomic E-state index is 11.3. The maximum Gasteiger partial charge on any atom is 0.185 e. The summed E-state index contributed by atoms with van der Waals surface area (Å²) in [4.78, 5) is 6.83. The normalized spacial score (nSPS) is 17.3. The Morgan fingerprint density at radius 1 is 1.56 bits per heavy atom. The Balaban J connectivity index is 1.80. The molecule has 1 saturated heterocycles. The summed E-state index contributed by atoms with van der Waals surface area (Å²) in [6.45, 7) is 4.05. The van der Waals surface area contributed by atoms with Crippen molar-refractivity contribution in [2.45, 2.75) is 6.54 Å². The highest BCUT2D eigenvalue weighted by atomic mass is 32.2. The van der Waals surface area contributed by atoms with Crippen LogP contribution in [0, 0.1) is 0 Å². The van der Waals surface area contributed by atoms with Crippen molar-refractivity contribution in [2.75, 3.05) is 49.8 Å². The highest BCUT2D eigenvalue weighted by molar-refractivity contribution is 7.85. The topological polar surface area (TPSA) is 54.5 Å². The Hall–Kier alpha value is -0.500. The first-order valence-electron chi connectivity index (χ1n) is 6.03. The Kier molecular flexibility index (Phi) is 5.55. The van der Waals surface area contributed by atoms with Crippen molar-refractivity contribution in [3.8, 4) is 0 Å². The van der Waals surface area contributed by atoms with Gasteiger partial charge in [0.2, 0.25) is 0 Å². The molecular formula is C11H19N3O2S2. The number of hydrogen-bond donors (Lipinski definition) is 1. The number of nitrogens with zero attached hydrogens (tertiary/aromatic N) is 2. The minimum atomic E-state index is -0.626. The lowest BCUT2D eigenvalue weighted by Gasteiger charge is -2.25. The number of aromatic nitrogens is 1. The summed E-state index contributed by atoms with van der Waals surface area (Å²) >= 11 is 1.67. The number of methoxy groups -OCH3 is 1. The summed E-state index contributed by atoms with van der Waals surface area (Å²) in [6, 6.07) is 0. The van der Waals surface area contributed by atoms with Gasteiger partial charge in [-0.15, -0.1) is 11.3 Å². The molecule has 2 rings (SSSR count). The molecule has 0 unspecified atom stereocenters. The molecule has 0 aromatic carbocycles. The van der Waals surface area contributed by atoms with Crippen LogP contribution in [0.15, 0.2) is 5.38 Å². The first kappa shape index (κ1) is 13.9. The monoisotopic (exact) mass is 289 g/mol. The van der Waals surface area contributed by atoms with E-state index in [2.05, 4.69) is 20.6 Å². The molecule has 5 nitrogen and oxygen atoms in total. The quantitative estimate of drug-likeness (QED) is 0.771. The lowest BCUT2D eigenvalue weighted by atomic mass is 10.5. The molecular weight excluding hydrogens is 270 g/mol. The van der Waals surface area contributed by atoms with Gasteiger partial charge in [0.05, 0.1) is 12.3 Å². The Morgan fingerprint density at radius 2 is 2.33 bits per heavy atom. The maximum atomic E-state index is 11.3. The highest BCUT2D eigenvalue weighted by Crippen LogP contribution is 2.21. The molecule has 0 aliphatic carbocycles. The fourth-order valence-corrected chi connectivity index (χ4v) is 3.67. The van der Waals surface area contributed by atoms with Crippen molar-refractivity contribution >= 4 is 27.3 Å². The van der Waals surface area contributed by atoms with Crippen molar-refractivity contribution < 1.29 is 8.95 Å². The van der Waals surface area contributed by atoms with Gasteiger partial charge in [-0.25, -0.2) is 4.98 Å². The van der Waals surface area contributed by atoms with Gasteiger partial charge in [-0.2, -0.15) is 0 Å². The third-order valence-electron chi connectivity index (χ3n) is 2.78. The second-order valence-electron chi connectivity index (χ2n) is 4.13. The van der Waals surface area contributed by atoms with Gasteiger partial charge in [-0.05, 0) is 0 Å². The number of ether oxygens (including phenoxy) is 1. The molecule has 0 bridgehead atoms. The van der Waals surface area contributed by atoms with Crippen LogP contribution >= 0.6 is 11.3 Å². The Labute approximate surface area is 114 Å².